The van der Waals surface area contributed by atoms with Crippen LogP contribution in [0.4, 0.5) is 0 Å². The zero-order chi connectivity index (χ0) is 15.7. The highest BCUT2D eigenvalue weighted by atomic mass is 15.1. The molecular weight excluding hydrogens is 256 g/mol. The van der Waals surface area contributed by atoms with E-state index < -0.39 is 0 Å². The number of nitrogens with one attached hydrogen (secondary N) is 1. The summed E-state index contributed by atoms with van der Waals surface area (Å²) in [6.07, 6.45) is 5.09. The molecular formula is C19H34N2. The molecule has 1 N–H and O–H groups in total. The van der Waals surface area contributed by atoms with Crippen LogP contribution in [0.5, 0.6) is 0 Å². The van der Waals surface area contributed by atoms with Gasteiger partial charge >= 0.3 is 0 Å². The minimum absolute atomic E-state index is 0.421. The third kappa shape index (κ3) is 7.10. The minimum Gasteiger partial charge on any atom is -0.312 e. The van der Waals surface area contributed by atoms with E-state index >= 15 is 0 Å². The number of hydrogen-bond acceptors (Lipinski definition) is 2. The van der Waals surface area contributed by atoms with Gasteiger partial charge in [0.25, 0.3) is 0 Å². The molecule has 0 radical (unpaired) electrons. The van der Waals surface area contributed by atoms with Gasteiger partial charge in [-0.3, -0.25) is 0 Å². The van der Waals surface area contributed by atoms with E-state index in [1.807, 2.05) is 0 Å². The number of nitrogens with zero attached hydrogens (tertiary/aromatic N) is 1. The monoisotopic (exact) mass is 290 g/mol. The van der Waals surface area contributed by atoms with Crippen LogP contribution in [0.2, 0.25) is 0 Å². The summed E-state index contributed by atoms with van der Waals surface area (Å²) in [6.45, 7) is 9.07. The van der Waals surface area contributed by atoms with Crippen molar-refractivity contribution in [1.82, 2.24) is 10.2 Å². The lowest BCUT2D eigenvalue weighted by Crippen LogP contribution is -2.31. The molecule has 0 aliphatic heterocycles. The highest BCUT2D eigenvalue weighted by molar-refractivity contribution is 5.25. The lowest BCUT2D eigenvalue weighted by molar-refractivity contribution is 0.290. The maximum atomic E-state index is 3.46. The second-order valence-corrected chi connectivity index (χ2v) is 6.65. The van der Waals surface area contributed by atoms with Crippen molar-refractivity contribution in [3.05, 3.63) is 35.4 Å². The molecule has 1 atom stereocenters. The van der Waals surface area contributed by atoms with Crippen LogP contribution in [-0.4, -0.2) is 32.1 Å². The molecule has 120 valence electrons. The van der Waals surface area contributed by atoms with Crippen molar-refractivity contribution in [2.24, 2.45) is 5.92 Å². The fourth-order valence-electron chi connectivity index (χ4n) is 2.76. The maximum absolute atomic E-state index is 3.46. The molecule has 0 aliphatic rings. The van der Waals surface area contributed by atoms with E-state index in [1.165, 1.54) is 43.4 Å². The molecule has 1 aromatic carbocycles. The molecule has 0 saturated carbocycles. The van der Waals surface area contributed by atoms with E-state index in [-0.39, 0.29) is 0 Å². The van der Waals surface area contributed by atoms with Crippen molar-refractivity contribution in [3.63, 3.8) is 0 Å². The zero-order valence-corrected chi connectivity index (χ0v) is 14.7. The van der Waals surface area contributed by atoms with Crippen LogP contribution in [0, 0.1) is 5.92 Å². The van der Waals surface area contributed by atoms with Gasteiger partial charge in [-0.1, -0.05) is 57.9 Å². The molecule has 0 fully saturated rings. The summed E-state index contributed by atoms with van der Waals surface area (Å²) in [4.78, 5) is 2.44. The smallest absolute Gasteiger partial charge is 0.0446 e. The Kier molecular flexibility index (Phi) is 8.63. The van der Waals surface area contributed by atoms with Crippen LogP contribution in [-0.2, 0) is 6.42 Å². The van der Waals surface area contributed by atoms with Crippen molar-refractivity contribution in [1.29, 1.82) is 0 Å². The first-order valence-electron chi connectivity index (χ1n) is 8.51. The van der Waals surface area contributed by atoms with Crippen LogP contribution in [0.1, 0.15) is 57.2 Å². The molecule has 1 unspecified atom stereocenters. The SMILES string of the molecule is CCCCCN(C)CC(NC)c1ccc(CC(C)C)cc1. The van der Waals surface area contributed by atoms with E-state index in [0.29, 0.717) is 6.04 Å². The van der Waals surface area contributed by atoms with Crippen LogP contribution < -0.4 is 5.32 Å². The highest BCUT2D eigenvalue weighted by Gasteiger charge is 2.12. The summed E-state index contributed by atoms with van der Waals surface area (Å²) in [7, 11) is 4.29. The molecule has 0 aliphatic carbocycles. The normalized spacial score (nSPS) is 13.1. The van der Waals surface area contributed by atoms with Gasteiger partial charge in [0.05, 0.1) is 0 Å². The van der Waals surface area contributed by atoms with E-state index in [4.69, 9.17) is 0 Å². The minimum atomic E-state index is 0.421. The van der Waals surface area contributed by atoms with Gasteiger partial charge in [-0.15, -0.1) is 0 Å². The quantitative estimate of drug-likeness (QED) is 0.647. The predicted octanol–water partition coefficient (Wildman–Crippen LogP) is 4.27. The number of rotatable bonds is 10. The molecule has 0 amide bonds. The third-order valence-electron chi connectivity index (χ3n) is 4.01. The zero-order valence-electron chi connectivity index (χ0n) is 14.7. The Morgan fingerprint density at radius 3 is 2.29 bits per heavy atom. The van der Waals surface area contributed by atoms with Gasteiger partial charge in [-0.05, 0) is 50.5 Å². The Hall–Kier alpha value is -0.860. The molecule has 0 bridgehead atoms. The lowest BCUT2D eigenvalue weighted by atomic mass is 9.99. The summed E-state index contributed by atoms with van der Waals surface area (Å²) < 4.78 is 0. The molecule has 2 heteroatoms. The van der Waals surface area contributed by atoms with Gasteiger partial charge < -0.3 is 10.2 Å². The summed E-state index contributed by atoms with van der Waals surface area (Å²) in [6, 6.07) is 9.58. The van der Waals surface area contributed by atoms with Gasteiger partial charge in [0.1, 0.15) is 0 Å². The van der Waals surface area contributed by atoms with Gasteiger partial charge in [0.15, 0.2) is 0 Å². The molecule has 21 heavy (non-hydrogen) atoms. The van der Waals surface area contributed by atoms with Crippen molar-refractivity contribution in [3.8, 4) is 0 Å². The van der Waals surface area contributed by atoms with E-state index in [0.717, 1.165) is 12.5 Å². The topological polar surface area (TPSA) is 15.3 Å². The van der Waals surface area contributed by atoms with Gasteiger partial charge in [0, 0.05) is 12.6 Å². The van der Waals surface area contributed by atoms with Gasteiger partial charge in [0.2, 0.25) is 0 Å². The average Bonchev–Trinajstić information content (AvgIpc) is 2.45. The first-order chi connectivity index (χ1) is 10.1. The van der Waals surface area contributed by atoms with Gasteiger partial charge in [-0.2, -0.15) is 0 Å². The summed E-state index contributed by atoms with van der Waals surface area (Å²) in [5.41, 5.74) is 2.84. The van der Waals surface area contributed by atoms with Crippen molar-refractivity contribution in [2.45, 2.75) is 52.5 Å². The van der Waals surface area contributed by atoms with Crippen molar-refractivity contribution >= 4 is 0 Å². The largest absolute Gasteiger partial charge is 0.312 e. The number of unbranched alkanes of at least 4 members (excludes halogenated alkanes) is 2. The summed E-state index contributed by atoms with van der Waals surface area (Å²) in [5, 5.41) is 3.46. The summed E-state index contributed by atoms with van der Waals surface area (Å²) >= 11 is 0. The number of benzene rings is 1. The Morgan fingerprint density at radius 1 is 1.10 bits per heavy atom. The molecule has 1 aromatic rings. The fourth-order valence-corrected chi connectivity index (χ4v) is 2.76. The van der Waals surface area contributed by atoms with Crippen molar-refractivity contribution in [2.75, 3.05) is 27.2 Å². The van der Waals surface area contributed by atoms with E-state index in [2.05, 4.69) is 69.3 Å². The lowest BCUT2D eigenvalue weighted by Gasteiger charge is -2.24. The first kappa shape index (κ1) is 18.2. The second-order valence-electron chi connectivity index (χ2n) is 6.65. The number of hydrogen-bond donors (Lipinski definition) is 1. The molecule has 0 aromatic heterocycles. The molecule has 0 saturated heterocycles. The molecule has 1 rings (SSSR count). The molecule has 2 nitrogen and oxygen atoms in total. The van der Waals surface area contributed by atoms with Crippen LogP contribution in [0.25, 0.3) is 0 Å². The fraction of sp³-hybridized carbons (Fsp3) is 0.684. The summed E-state index contributed by atoms with van der Waals surface area (Å²) in [5.74, 6) is 0.723. The van der Waals surface area contributed by atoms with E-state index in [1.54, 1.807) is 0 Å². The van der Waals surface area contributed by atoms with Crippen LogP contribution >= 0.6 is 0 Å². The Bertz CT molecular complexity index is 370. The number of likely N-dealkylation sites (N-methyl/N-ethyl adjacent to an activating group) is 2. The maximum Gasteiger partial charge on any atom is 0.0446 e. The Labute approximate surface area is 131 Å². The van der Waals surface area contributed by atoms with Crippen LogP contribution in [0.3, 0.4) is 0 Å². The highest BCUT2D eigenvalue weighted by Crippen LogP contribution is 2.17. The van der Waals surface area contributed by atoms with Gasteiger partial charge in [-0.25, -0.2) is 0 Å². The average molecular weight is 290 g/mol. The van der Waals surface area contributed by atoms with Crippen LogP contribution in [0.15, 0.2) is 24.3 Å². The standard InChI is InChI=1S/C19H34N2/c1-6-7-8-13-21(5)15-19(20-4)18-11-9-17(10-12-18)14-16(2)3/h9-12,16,19-20H,6-8,13-15H2,1-5H3. The molecule has 0 spiro atoms. The predicted molar refractivity (Wildman–Crippen MR) is 93.8 cm³/mol. The third-order valence-corrected chi connectivity index (χ3v) is 4.01. The first-order valence-corrected chi connectivity index (χ1v) is 8.51. The Morgan fingerprint density at radius 2 is 1.76 bits per heavy atom. The second kappa shape index (κ2) is 9.97. The van der Waals surface area contributed by atoms with Crippen molar-refractivity contribution < 1.29 is 0 Å². The Balaban J connectivity index is 2.54. The van der Waals surface area contributed by atoms with E-state index in [9.17, 15) is 0 Å². The molecule has 0 heterocycles.